The Balaban J connectivity index is 2.31. The minimum Gasteiger partial charge on any atom is -0.385 e. The largest absolute Gasteiger partial charge is 0.385 e. The number of unbranched alkanes of at least 4 members (excludes halogenated alkanes) is 3. The van der Waals surface area contributed by atoms with Crippen LogP contribution in [-0.4, -0.2) is 6.54 Å². The van der Waals surface area contributed by atoms with Gasteiger partial charge < -0.3 is 5.32 Å². The predicted octanol–water partition coefficient (Wildman–Crippen LogP) is 4.59. The van der Waals surface area contributed by atoms with Crippen molar-refractivity contribution in [2.45, 2.75) is 39.5 Å². The number of hydrogen-bond acceptors (Lipinski definition) is 1. The molecule has 1 aromatic rings. The number of aryl methyl sites for hydroxylation is 1. The summed E-state index contributed by atoms with van der Waals surface area (Å²) in [6.45, 7) is 5.51. The van der Waals surface area contributed by atoms with Crippen LogP contribution in [0.15, 0.2) is 18.2 Å². The summed E-state index contributed by atoms with van der Waals surface area (Å²) in [6, 6.07) is 6.55. The van der Waals surface area contributed by atoms with E-state index in [1.807, 2.05) is 0 Å². The Morgan fingerprint density at radius 2 is 2.00 bits per heavy atom. The van der Waals surface area contributed by atoms with Gasteiger partial charge in [-0.2, -0.15) is 0 Å². The molecule has 0 fully saturated rings. The zero-order chi connectivity index (χ0) is 11.1. The van der Waals surface area contributed by atoms with Crippen molar-refractivity contribution in [1.29, 1.82) is 0 Å². The summed E-state index contributed by atoms with van der Waals surface area (Å²) in [5.74, 6) is 0. The molecule has 1 aromatic carbocycles. The monoisotopic (exact) mass is 317 g/mol. The van der Waals surface area contributed by atoms with Gasteiger partial charge in [-0.1, -0.05) is 26.2 Å². The van der Waals surface area contributed by atoms with Gasteiger partial charge >= 0.3 is 0 Å². The van der Waals surface area contributed by atoms with E-state index in [2.05, 4.69) is 60.0 Å². The minimum atomic E-state index is 1.10. The van der Waals surface area contributed by atoms with Crippen molar-refractivity contribution < 1.29 is 0 Å². The molecule has 0 atom stereocenters. The van der Waals surface area contributed by atoms with Crippen molar-refractivity contribution in [3.63, 3.8) is 0 Å². The SMILES string of the molecule is CCCCCCNc1ccc(I)cc1C. The molecule has 1 nitrogen and oxygen atoms in total. The van der Waals surface area contributed by atoms with Crippen molar-refractivity contribution in [3.8, 4) is 0 Å². The molecule has 0 aromatic heterocycles. The Kier molecular flexibility index (Phi) is 6.06. The highest BCUT2D eigenvalue weighted by molar-refractivity contribution is 14.1. The van der Waals surface area contributed by atoms with E-state index in [0.29, 0.717) is 0 Å². The molecule has 0 saturated heterocycles. The van der Waals surface area contributed by atoms with Gasteiger partial charge in [0.25, 0.3) is 0 Å². The second kappa shape index (κ2) is 7.09. The van der Waals surface area contributed by atoms with Crippen molar-refractivity contribution >= 4 is 28.3 Å². The zero-order valence-corrected chi connectivity index (χ0v) is 11.8. The molecule has 2 heteroatoms. The third kappa shape index (κ3) is 4.87. The highest BCUT2D eigenvalue weighted by Gasteiger charge is 1.97. The predicted molar refractivity (Wildman–Crippen MR) is 76.5 cm³/mol. The fraction of sp³-hybridized carbons (Fsp3) is 0.538. The number of hydrogen-bond donors (Lipinski definition) is 1. The Hall–Kier alpha value is -0.250. The first-order chi connectivity index (χ1) is 7.24. The number of halogens is 1. The Morgan fingerprint density at radius 3 is 2.67 bits per heavy atom. The van der Waals surface area contributed by atoms with Crippen molar-refractivity contribution in [2.24, 2.45) is 0 Å². The average molecular weight is 317 g/mol. The Labute approximate surface area is 107 Å². The van der Waals surface area contributed by atoms with Crippen molar-refractivity contribution in [2.75, 3.05) is 11.9 Å². The summed E-state index contributed by atoms with van der Waals surface area (Å²) in [5.41, 5.74) is 2.63. The van der Waals surface area contributed by atoms with E-state index < -0.39 is 0 Å². The lowest BCUT2D eigenvalue weighted by molar-refractivity contribution is 0.685. The molecule has 1 N–H and O–H groups in total. The van der Waals surface area contributed by atoms with E-state index in [1.165, 1.54) is 40.5 Å². The average Bonchev–Trinajstić information content (AvgIpc) is 2.20. The van der Waals surface area contributed by atoms with Crippen LogP contribution in [0.2, 0.25) is 0 Å². The van der Waals surface area contributed by atoms with Gasteiger partial charge in [-0.3, -0.25) is 0 Å². The first kappa shape index (κ1) is 12.8. The molecule has 84 valence electrons. The summed E-state index contributed by atoms with van der Waals surface area (Å²) < 4.78 is 1.31. The molecule has 0 bridgehead atoms. The third-order valence-corrected chi connectivity index (χ3v) is 3.21. The first-order valence-corrected chi connectivity index (χ1v) is 6.82. The van der Waals surface area contributed by atoms with Gasteiger partial charge in [0.15, 0.2) is 0 Å². The van der Waals surface area contributed by atoms with Crippen LogP contribution in [0.4, 0.5) is 5.69 Å². The molecule has 0 spiro atoms. The van der Waals surface area contributed by atoms with E-state index in [-0.39, 0.29) is 0 Å². The lowest BCUT2D eigenvalue weighted by atomic mass is 10.2. The second-order valence-corrected chi connectivity index (χ2v) is 5.19. The molecule has 0 amide bonds. The molecular formula is C13H20IN. The van der Waals surface area contributed by atoms with Gasteiger partial charge in [-0.05, 0) is 59.7 Å². The minimum absolute atomic E-state index is 1.10. The molecule has 0 unspecified atom stereocenters. The van der Waals surface area contributed by atoms with Crippen LogP contribution < -0.4 is 5.32 Å². The third-order valence-electron chi connectivity index (χ3n) is 2.53. The molecule has 0 aliphatic carbocycles. The van der Waals surface area contributed by atoms with Crippen LogP contribution in [0.3, 0.4) is 0 Å². The molecular weight excluding hydrogens is 297 g/mol. The second-order valence-electron chi connectivity index (χ2n) is 3.95. The van der Waals surface area contributed by atoms with E-state index in [9.17, 15) is 0 Å². The molecule has 0 heterocycles. The molecule has 0 saturated carbocycles. The molecule has 0 radical (unpaired) electrons. The van der Waals surface area contributed by atoms with Crippen molar-refractivity contribution in [3.05, 3.63) is 27.3 Å². The van der Waals surface area contributed by atoms with Crippen LogP contribution in [0.5, 0.6) is 0 Å². The van der Waals surface area contributed by atoms with Gasteiger partial charge in [0.05, 0.1) is 0 Å². The summed E-state index contributed by atoms with van der Waals surface area (Å²) in [4.78, 5) is 0. The maximum Gasteiger partial charge on any atom is 0.0370 e. The molecule has 0 aliphatic heterocycles. The maximum absolute atomic E-state index is 3.50. The van der Waals surface area contributed by atoms with Gasteiger partial charge in [-0.25, -0.2) is 0 Å². The van der Waals surface area contributed by atoms with Gasteiger partial charge in [-0.15, -0.1) is 0 Å². The first-order valence-electron chi connectivity index (χ1n) is 5.74. The quantitative estimate of drug-likeness (QED) is 0.598. The number of rotatable bonds is 6. The highest BCUT2D eigenvalue weighted by Crippen LogP contribution is 2.17. The van der Waals surface area contributed by atoms with Crippen LogP contribution in [0, 0.1) is 10.5 Å². The molecule has 0 aliphatic rings. The van der Waals surface area contributed by atoms with Crippen LogP contribution in [0.25, 0.3) is 0 Å². The fourth-order valence-electron chi connectivity index (χ4n) is 1.60. The molecule has 15 heavy (non-hydrogen) atoms. The lowest BCUT2D eigenvalue weighted by Gasteiger charge is -2.09. The van der Waals surface area contributed by atoms with Gasteiger partial charge in [0.1, 0.15) is 0 Å². The highest BCUT2D eigenvalue weighted by atomic mass is 127. The van der Waals surface area contributed by atoms with E-state index in [1.54, 1.807) is 0 Å². The fourth-order valence-corrected chi connectivity index (χ4v) is 2.25. The van der Waals surface area contributed by atoms with Crippen LogP contribution >= 0.6 is 22.6 Å². The number of anilines is 1. The van der Waals surface area contributed by atoms with Crippen LogP contribution in [-0.2, 0) is 0 Å². The topological polar surface area (TPSA) is 12.0 Å². The summed E-state index contributed by atoms with van der Waals surface area (Å²) in [5, 5.41) is 3.50. The van der Waals surface area contributed by atoms with E-state index >= 15 is 0 Å². The van der Waals surface area contributed by atoms with E-state index in [0.717, 1.165) is 6.54 Å². The summed E-state index contributed by atoms with van der Waals surface area (Å²) >= 11 is 2.35. The van der Waals surface area contributed by atoms with Crippen molar-refractivity contribution in [1.82, 2.24) is 0 Å². The summed E-state index contributed by atoms with van der Waals surface area (Å²) in [7, 11) is 0. The Morgan fingerprint density at radius 1 is 1.20 bits per heavy atom. The maximum atomic E-state index is 3.50. The Bertz CT molecular complexity index is 297. The van der Waals surface area contributed by atoms with Gasteiger partial charge in [0, 0.05) is 15.8 Å². The zero-order valence-electron chi connectivity index (χ0n) is 9.65. The van der Waals surface area contributed by atoms with Gasteiger partial charge in [0.2, 0.25) is 0 Å². The smallest absolute Gasteiger partial charge is 0.0370 e. The standard InChI is InChI=1S/C13H20IN/c1-3-4-5-6-9-15-13-8-7-12(14)10-11(13)2/h7-8,10,15H,3-6,9H2,1-2H3. The normalized spacial score (nSPS) is 10.3. The lowest BCUT2D eigenvalue weighted by Crippen LogP contribution is -2.02. The molecule has 1 rings (SSSR count). The summed E-state index contributed by atoms with van der Waals surface area (Å²) in [6.07, 6.45) is 5.28. The number of benzene rings is 1. The number of nitrogens with one attached hydrogen (secondary N) is 1. The van der Waals surface area contributed by atoms with E-state index in [4.69, 9.17) is 0 Å². The van der Waals surface area contributed by atoms with Crippen LogP contribution in [0.1, 0.15) is 38.2 Å².